The lowest BCUT2D eigenvalue weighted by Crippen LogP contribution is -2.31. The van der Waals surface area contributed by atoms with Crippen molar-refractivity contribution in [3.05, 3.63) is 28.6 Å². The van der Waals surface area contributed by atoms with Crippen LogP contribution >= 0.6 is 15.9 Å². The topological polar surface area (TPSA) is 62.5 Å². The predicted molar refractivity (Wildman–Crippen MR) is 69.4 cm³/mol. The molecule has 94 valence electrons. The second-order valence-corrected chi connectivity index (χ2v) is 4.53. The molecule has 1 aromatic rings. The highest BCUT2D eigenvalue weighted by molar-refractivity contribution is 9.10. The van der Waals surface area contributed by atoms with E-state index in [0.717, 1.165) is 6.42 Å². The van der Waals surface area contributed by atoms with Crippen LogP contribution in [0.25, 0.3) is 6.08 Å². The quantitative estimate of drug-likeness (QED) is 0.793. The van der Waals surface area contributed by atoms with E-state index in [2.05, 4.69) is 21.2 Å². The molecule has 1 rings (SSSR count). The lowest BCUT2D eigenvalue weighted by Gasteiger charge is -2.10. The highest BCUT2D eigenvalue weighted by Crippen LogP contribution is 2.14. The van der Waals surface area contributed by atoms with Crippen LogP contribution in [0, 0.1) is 0 Å². The normalized spacial score (nSPS) is 12.9. The summed E-state index contributed by atoms with van der Waals surface area (Å²) in [5, 5.41) is 11.5. The van der Waals surface area contributed by atoms with Crippen LogP contribution in [0.15, 0.2) is 27.3 Å². The van der Waals surface area contributed by atoms with Gasteiger partial charge in [-0.05, 0) is 53.9 Å². The van der Waals surface area contributed by atoms with Gasteiger partial charge in [-0.15, -0.1) is 0 Å². The molecule has 0 aromatic carbocycles. The number of amides is 1. The third-order valence-corrected chi connectivity index (χ3v) is 2.60. The summed E-state index contributed by atoms with van der Waals surface area (Å²) < 4.78 is 5.85. The highest BCUT2D eigenvalue weighted by Gasteiger charge is 2.04. The van der Waals surface area contributed by atoms with Crippen molar-refractivity contribution in [2.75, 3.05) is 6.61 Å². The Balaban J connectivity index is 2.36. The fraction of sp³-hybridized carbons (Fsp3) is 0.417. The minimum absolute atomic E-state index is 0.0580. The molecule has 0 aliphatic heterocycles. The number of rotatable bonds is 6. The average Bonchev–Trinajstić information content (AvgIpc) is 2.70. The van der Waals surface area contributed by atoms with Crippen molar-refractivity contribution in [3.63, 3.8) is 0 Å². The Morgan fingerprint density at radius 1 is 1.65 bits per heavy atom. The van der Waals surface area contributed by atoms with Gasteiger partial charge < -0.3 is 14.8 Å². The number of furan rings is 1. The van der Waals surface area contributed by atoms with E-state index in [1.165, 1.54) is 6.08 Å². The molecule has 1 heterocycles. The van der Waals surface area contributed by atoms with E-state index in [9.17, 15) is 4.79 Å². The first kappa shape index (κ1) is 14.0. The van der Waals surface area contributed by atoms with Crippen molar-refractivity contribution in [1.29, 1.82) is 0 Å². The average molecular weight is 302 g/mol. The molecule has 0 fully saturated rings. The Labute approximate surface area is 109 Å². The zero-order valence-corrected chi connectivity index (χ0v) is 11.2. The van der Waals surface area contributed by atoms with Gasteiger partial charge in [0.25, 0.3) is 0 Å². The predicted octanol–water partition coefficient (Wildman–Crippen LogP) is 2.33. The van der Waals surface area contributed by atoms with E-state index < -0.39 is 0 Å². The Hall–Kier alpha value is -1.07. The Morgan fingerprint density at radius 3 is 3.00 bits per heavy atom. The molecule has 1 amide bonds. The van der Waals surface area contributed by atoms with E-state index in [4.69, 9.17) is 9.52 Å². The van der Waals surface area contributed by atoms with Gasteiger partial charge in [0.05, 0.1) is 0 Å². The summed E-state index contributed by atoms with van der Waals surface area (Å²) in [6.07, 6.45) is 4.50. The smallest absolute Gasteiger partial charge is 0.244 e. The molecule has 1 aromatic heterocycles. The first-order valence-electron chi connectivity index (χ1n) is 5.46. The third-order valence-electron chi connectivity index (χ3n) is 2.18. The zero-order valence-electron chi connectivity index (χ0n) is 9.65. The second-order valence-electron chi connectivity index (χ2n) is 3.75. The third kappa shape index (κ3) is 5.70. The fourth-order valence-electron chi connectivity index (χ4n) is 1.34. The van der Waals surface area contributed by atoms with Crippen LogP contribution in [0.3, 0.4) is 0 Å². The van der Waals surface area contributed by atoms with Gasteiger partial charge in [-0.25, -0.2) is 0 Å². The molecule has 0 aliphatic carbocycles. The molecule has 0 aliphatic rings. The number of hydrogen-bond donors (Lipinski definition) is 2. The van der Waals surface area contributed by atoms with E-state index in [1.54, 1.807) is 18.2 Å². The van der Waals surface area contributed by atoms with E-state index in [0.29, 0.717) is 16.9 Å². The minimum Gasteiger partial charge on any atom is -0.450 e. The van der Waals surface area contributed by atoms with Crippen LogP contribution in [0.1, 0.15) is 25.5 Å². The molecule has 0 spiro atoms. The van der Waals surface area contributed by atoms with Crippen molar-refractivity contribution in [2.45, 2.75) is 25.8 Å². The summed E-state index contributed by atoms with van der Waals surface area (Å²) in [6.45, 7) is 2.06. The molecule has 0 saturated carbocycles. The lowest BCUT2D eigenvalue weighted by molar-refractivity contribution is -0.117. The lowest BCUT2D eigenvalue weighted by atomic mass is 10.2. The number of carbonyl (C=O) groups excluding carboxylic acids is 1. The standard InChI is InChI=1S/C12H16BrNO3/c1-9(3-2-8-15)14-12(16)7-5-10-4-6-11(13)17-10/h4-7,9,15H,2-3,8H2,1H3,(H,14,16). The van der Waals surface area contributed by atoms with Crippen LogP contribution in [0.5, 0.6) is 0 Å². The fourth-order valence-corrected chi connectivity index (χ4v) is 1.66. The highest BCUT2D eigenvalue weighted by atomic mass is 79.9. The van der Waals surface area contributed by atoms with Crippen molar-refractivity contribution in [1.82, 2.24) is 5.32 Å². The Kier molecular flexibility index (Phi) is 6.00. The number of nitrogens with one attached hydrogen (secondary N) is 1. The Morgan fingerprint density at radius 2 is 2.41 bits per heavy atom. The molecule has 4 nitrogen and oxygen atoms in total. The summed E-state index contributed by atoms with van der Waals surface area (Å²) >= 11 is 3.18. The van der Waals surface area contributed by atoms with Gasteiger partial charge in [0, 0.05) is 18.7 Å². The molecule has 0 saturated heterocycles. The van der Waals surface area contributed by atoms with Crippen molar-refractivity contribution >= 4 is 27.9 Å². The zero-order chi connectivity index (χ0) is 12.7. The van der Waals surface area contributed by atoms with Gasteiger partial charge in [0.2, 0.25) is 5.91 Å². The molecular formula is C12H16BrNO3. The number of halogens is 1. The van der Waals surface area contributed by atoms with Crippen LogP contribution in [0.2, 0.25) is 0 Å². The van der Waals surface area contributed by atoms with Crippen LogP contribution < -0.4 is 5.32 Å². The summed E-state index contributed by atoms with van der Waals surface area (Å²) in [5.74, 6) is 0.456. The van der Waals surface area contributed by atoms with Gasteiger partial charge in [0.1, 0.15) is 5.76 Å². The number of aliphatic hydroxyl groups excluding tert-OH is 1. The van der Waals surface area contributed by atoms with Gasteiger partial charge in [-0.3, -0.25) is 4.79 Å². The molecule has 1 atom stereocenters. The van der Waals surface area contributed by atoms with Gasteiger partial charge in [0.15, 0.2) is 4.67 Å². The first-order valence-corrected chi connectivity index (χ1v) is 6.26. The summed E-state index contributed by atoms with van der Waals surface area (Å²) in [4.78, 5) is 11.5. The van der Waals surface area contributed by atoms with E-state index in [-0.39, 0.29) is 18.6 Å². The monoisotopic (exact) mass is 301 g/mol. The molecule has 2 N–H and O–H groups in total. The van der Waals surface area contributed by atoms with Crippen molar-refractivity contribution in [3.8, 4) is 0 Å². The maximum atomic E-state index is 11.5. The van der Waals surface area contributed by atoms with Crippen LogP contribution in [0.4, 0.5) is 0 Å². The molecule has 17 heavy (non-hydrogen) atoms. The molecule has 5 heteroatoms. The van der Waals surface area contributed by atoms with Crippen LogP contribution in [-0.4, -0.2) is 23.7 Å². The maximum Gasteiger partial charge on any atom is 0.244 e. The van der Waals surface area contributed by atoms with Crippen molar-refractivity contribution in [2.24, 2.45) is 0 Å². The van der Waals surface area contributed by atoms with Gasteiger partial charge in [-0.2, -0.15) is 0 Å². The molecule has 0 radical (unpaired) electrons. The molecule has 0 bridgehead atoms. The maximum absolute atomic E-state index is 11.5. The molecule has 1 unspecified atom stereocenters. The van der Waals surface area contributed by atoms with Crippen LogP contribution in [-0.2, 0) is 4.79 Å². The second kappa shape index (κ2) is 7.29. The largest absolute Gasteiger partial charge is 0.450 e. The SMILES string of the molecule is CC(CCCO)NC(=O)C=Cc1ccc(Br)o1. The van der Waals surface area contributed by atoms with E-state index >= 15 is 0 Å². The first-order chi connectivity index (χ1) is 8.11. The number of aliphatic hydroxyl groups is 1. The van der Waals surface area contributed by atoms with Crippen molar-refractivity contribution < 1.29 is 14.3 Å². The Bertz CT molecular complexity index is 387. The van der Waals surface area contributed by atoms with Gasteiger partial charge >= 0.3 is 0 Å². The summed E-state index contributed by atoms with van der Waals surface area (Å²) in [6, 6.07) is 3.59. The summed E-state index contributed by atoms with van der Waals surface area (Å²) in [5.41, 5.74) is 0. The van der Waals surface area contributed by atoms with E-state index in [1.807, 2.05) is 6.92 Å². The number of hydrogen-bond acceptors (Lipinski definition) is 3. The van der Waals surface area contributed by atoms with Gasteiger partial charge in [-0.1, -0.05) is 0 Å². The number of carbonyl (C=O) groups is 1. The molecular weight excluding hydrogens is 286 g/mol. The minimum atomic E-state index is -0.164. The summed E-state index contributed by atoms with van der Waals surface area (Å²) in [7, 11) is 0.